The molecule has 1 N–H and O–H groups in total. The zero-order chi connectivity index (χ0) is 13.3. The highest BCUT2D eigenvalue weighted by atomic mass is 32.2. The van der Waals surface area contributed by atoms with Gasteiger partial charge in [-0.3, -0.25) is 0 Å². The second-order valence-corrected chi connectivity index (χ2v) is 7.81. The van der Waals surface area contributed by atoms with Crippen molar-refractivity contribution in [2.45, 2.75) is 18.2 Å². The lowest BCUT2D eigenvalue weighted by atomic mass is 10.0. The van der Waals surface area contributed by atoms with E-state index in [1.165, 1.54) is 11.6 Å². The first-order chi connectivity index (χ1) is 8.45. The van der Waals surface area contributed by atoms with Crippen LogP contribution >= 0.6 is 11.3 Å². The summed E-state index contributed by atoms with van der Waals surface area (Å²) in [5.74, 6) is 0. The molecule has 2 unspecified atom stereocenters. The van der Waals surface area contributed by atoms with Crippen LogP contribution in [0.3, 0.4) is 0 Å². The maximum Gasteiger partial charge on any atom is 0.151 e. The minimum absolute atomic E-state index is 0.178. The van der Waals surface area contributed by atoms with Crippen LogP contribution in [0.4, 0.5) is 0 Å². The number of rotatable bonds is 4. The van der Waals surface area contributed by atoms with Crippen LogP contribution in [0, 0.1) is 0 Å². The molecule has 0 spiro atoms. The number of sulfone groups is 1. The number of hydrogen-bond donors (Lipinski definition) is 1. The Bertz CT molecular complexity index is 646. The molecule has 0 fully saturated rings. The molecule has 98 valence electrons. The van der Waals surface area contributed by atoms with Crippen molar-refractivity contribution < 1.29 is 8.42 Å². The second kappa shape index (κ2) is 4.99. The molecular formula is C13H17NO2S2. The molecule has 3 nitrogen and oxygen atoms in total. The SMILES string of the molecule is CNC(c1cccc2ccsc12)C(C)S(C)(=O)=O. The molecule has 0 aliphatic heterocycles. The van der Waals surface area contributed by atoms with E-state index in [2.05, 4.69) is 11.4 Å². The van der Waals surface area contributed by atoms with Gasteiger partial charge in [-0.1, -0.05) is 18.2 Å². The average Bonchev–Trinajstić information content (AvgIpc) is 2.77. The van der Waals surface area contributed by atoms with Crippen molar-refractivity contribution in [1.29, 1.82) is 0 Å². The Morgan fingerprint density at radius 1 is 1.28 bits per heavy atom. The summed E-state index contributed by atoms with van der Waals surface area (Å²) in [5.41, 5.74) is 1.06. The standard InChI is InChI=1S/C13H17NO2S2/c1-9(18(3,15)16)12(14-2)11-6-4-5-10-7-8-17-13(10)11/h4-9,12,14H,1-3H3. The van der Waals surface area contributed by atoms with Crippen LogP contribution in [0.1, 0.15) is 18.5 Å². The van der Waals surface area contributed by atoms with E-state index in [-0.39, 0.29) is 6.04 Å². The van der Waals surface area contributed by atoms with Gasteiger partial charge in [-0.25, -0.2) is 8.42 Å². The third-order valence-electron chi connectivity index (χ3n) is 3.30. The monoisotopic (exact) mass is 283 g/mol. The summed E-state index contributed by atoms with van der Waals surface area (Å²) in [6, 6.07) is 7.90. The zero-order valence-electron chi connectivity index (χ0n) is 10.7. The highest BCUT2D eigenvalue weighted by Crippen LogP contribution is 2.31. The van der Waals surface area contributed by atoms with Crippen molar-refractivity contribution in [3.8, 4) is 0 Å². The predicted molar refractivity (Wildman–Crippen MR) is 77.9 cm³/mol. The van der Waals surface area contributed by atoms with Crippen molar-refractivity contribution in [3.05, 3.63) is 35.2 Å². The van der Waals surface area contributed by atoms with Crippen LogP contribution in [0.5, 0.6) is 0 Å². The van der Waals surface area contributed by atoms with Gasteiger partial charge in [0.2, 0.25) is 0 Å². The molecule has 0 amide bonds. The van der Waals surface area contributed by atoms with E-state index >= 15 is 0 Å². The van der Waals surface area contributed by atoms with Crippen molar-refractivity contribution >= 4 is 31.3 Å². The Morgan fingerprint density at radius 3 is 2.61 bits per heavy atom. The summed E-state index contributed by atoms with van der Waals surface area (Å²) >= 11 is 1.65. The van der Waals surface area contributed by atoms with E-state index in [1.54, 1.807) is 25.3 Å². The summed E-state index contributed by atoms with van der Waals surface area (Å²) in [6.45, 7) is 1.75. The fraction of sp³-hybridized carbons (Fsp3) is 0.385. The summed E-state index contributed by atoms with van der Waals surface area (Å²) in [7, 11) is -1.27. The van der Waals surface area contributed by atoms with Gasteiger partial charge < -0.3 is 5.32 Å². The van der Waals surface area contributed by atoms with Gasteiger partial charge in [-0.2, -0.15) is 0 Å². The predicted octanol–water partition coefficient (Wildman–Crippen LogP) is 2.59. The molecule has 1 aromatic carbocycles. The van der Waals surface area contributed by atoms with Gasteiger partial charge in [-0.15, -0.1) is 11.3 Å². The Hall–Kier alpha value is -0.910. The smallest absolute Gasteiger partial charge is 0.151 e. The lowest BCUT2D eigenvalue weighted by molar-refractivity contribution is 0.537. The first kappa shape index (κ1) is 13.5. The van der Waals surface area contributed by atoms with E-state index in [4.69, 9.17) is 0 Å². The molecule has 18 heavy (non-hydrogen) atoms. The van der Waals surface area contributed by atoms with E-state index in [0.717, 1.165) is 10.3 Å². The van der Waals surface area contributed by atoms with Crippen LogP contribution in [0.15, 0.2) is 29.6 Å². The van der Waals surface area contributed by atoms with E-state index in [0.29, 0.717) is 0 Å². The minimum Gasteiger partial charge on any atom is -0.312 e. The fourth-order valence-electron chi connectivity index (χ4n) is 2.15. The fourth-order valence-corrected chi connectivity index (χ4v) is 3.88. The lowest BCUT2D eigenvalue weighted by Gasteiger charge is -2.23. The molecule has 0 aliphatic rings. The molecule has 5 heteroatoms. The summed E-state index contributed by atoms with van der Waals surface area (Å²) in [6.07, 6.45) is 1.29. The highest BCUT2D eigenvalue weighted by Gasteiger charge is 2.27. The third kappa shape index (κ3) is 2.43. The molecule has 0 saturated carbocycles. The second-order valence-electron chi connectivity index (χ2n) is 4.49. The van der Waals surface area contributed by atoms with Gasteiger partial charge in [0.1, 0.15) is 0 Å². The summed E-state index contributed by atoms with van der Waals surface area (Å²) < 4.78 is 24.6. The van der Waals surface area contributed by atoms with Crippen LogP contribution < -0.4 is 5.32 Å². The van der Waals surface area contributed by atoms with Gasteiger partial charge in [-0.05, 0) is 36.4 Å². The molecule has 0 radical (unpaired) electrons. The molecule has 1 heterocycles. The van der Waals surface area contributed by atoms with Gasteiger partial charge in [0.15, 0.2) is 9.84 Å². The molecule has 2 aromatic rings. The molecule has 1 aromatic heterocycles. The highest BCUT2D eigenvalue weighted by molar-refractivity contribution is 7.91. The van der Waals surface area contributed by atoms with Crippen LogP contribution in [0.2, 0.25) is 0 Å². The number of nitrogens with one attached hydrogen (secondary N) is 1. The van der Waals surface area contributed by atoms with Crippen molar-refractivity contribution in [2.24, 2.45) is 0 Å². The lowest BCUT2D eigenvalue weighted by Crippen LogP contribution is -2.33. The van der Waals surface area contributed by atoms with Crippen LogP contribution in [-0.2, 0) is 9.84 Å². The van der Waals surface area contributed by atoms with Crippen LogP contribution in [-0.4, -0.2) is 27.0 Å². The number of thiophene rings is 1. The van der Waals surface area contributed by atoms with Crippen LogP contribution in [0.25, 0.3) is 10.1 Å². The minimum atomic E-state index is -3.07. The summed E-state index contributed by atoms with van der Waals surface area (Å²) in [4.78, 5) is 0. The largest absolute Gasteiger partial charge is 0.312 e. The number of fused-ring (bicyclic) bond motifs is 1. The Kier molecular flexibility index (Phi) is 3.75. The first-order valence-electron chi connectivity index (χ1n) is 5.77. The number of benzene rings is 1. The van der Waals surface area contributed by atoms with Gasteiger partial charge >= 0.3 is 0 Å². The quantitative estimate of drug-likeness (QED) is 0.938. The normalized spacial score (nSPS) is 15.7. The van der Waals surface area contributed by atoms with E-state index < -0.39 is 15.1 Å². The molecule has 2 atom stereocenters. The first-order valence-corrected chi connectivity index (χ1v) is 8.61. The molecule has 0 saturated heterocycles. The maximum absolute atomic E-state index is 11.7. The Labute approximate surface area is 112 Å². The average molecular weight is 283 g/mol. The van der Waals surface area contributed by atoms with Gasteiger partial charge in [0.05, 0.1) is 5.25 Å². The summed E-state index contributed by atoms with van der Waals surface area (Å²) in [5, 5.41) is 5.88. The number of hydrogen-bond acceptors (Lipinski definition) is 4. The molecule has 2 rings (SSSR count). The third-order valence-corrected chi connectivity index (χ3v) is 5.90. The molecular weight excluding hydrogens is 266 g/mol. The Balaban J connectivity index is 2.54. The van der Waals surface area contributed by atoms with E-state index in [1.807, 2.05) is 23.6 Å². The van der Waals surface area contributed by atoms with Gasteiger partial charge in [0, 0.05) is 17.0 Å². The van der Waals surface area contributed by atoms with Crippen molar-refractivity contribution in [3.63, 3.8) is 0 Å². The van der Waals surface area contributed by atoms with Gasteiger partial charge in [0.25, 0.3) is 0 Å². The Morgan fingerprint density at radius 2 is 2.00 bits per heavy atom. The zero-order valence-corrected chi connectivity index (χ0v) is 12.3. The van der Waals surface area contributed by atoms with E-state index in [9.17, 15) is 8.42 Å². The maximum atomic E-state index is 11.7. The van der Waals surface area contributed by atoms with Crippen molar-refractivity contribution in [2.75, 3.05) is 13.3 Å². The van der Waals surface area contributed by atoms with Crippen molar-refractivity contribution in [1.82, 2.24) is 5.32 Å². The topological polar surface area (TPSA) is 46.2 Å². The molecule has 0 aliphatic carbocycles. The molecule has 0 bridgehead atoms.